The van der Waals surface area contributed by atoms with Gasteiger partial charge in [0, 0.05) is 24.2 Å². The van der Waals surface area contributed by atoms with E-state index in [1.807, 2.05) is 19.1 Å². The van der Waals surface area contributed by atoms with Gasteiger partial charge in [0.25, 0.3) is 0 Å². The first kappa shape index (κ1) is 16.2. The monoisotopic (exact) mass is 348 g/mol. The largest absolute Gasteiger partial charge is 0.382 e. The molecule has 1 rings (SSSR count). The van der Waals surface area contributed by atoms with Crippen LogP contribution in [0.2, 0.25) is 5.02 Å². The van der Waals surface area contributed by atoms with Gasteiger partial charge in [-0.25, -0.2) is 5.84 Å². The molecule has 0 unspecified atom stereocenters. The third-order valence-electron chi connectivity index (χ3n) is 2.24. The number of aliphatic imine (C=N–C) groups is 1. The number of nitrogens with zero attached hydrogens (tertiary/aromatic N) is 1. The first-order chi connectivity index (χ1) is 9.17. The minimum absolute atomic E-state index is 0.473. The highest BCUT2D eigenvalue weighted by Gasteiger charge is 2.03. The second-order valence-electron chi connectivity index (χ2n) is 3.67. The Morgan fingerprint density at radius 2 is 2.32 bits per heavy atom. The molecule has 5 nitrogen and oxygen atoms in total. The number of hydrazine groups is 1. The van der Waals surface area contributed by atoms with E-state index in [-0.39, 0.29) is 0 Å². The number of halogens is 2. The minimum Gasteiger partial charge on any atom is -0.382 e. The summed E-state index contributed by atoms with van der Waals surface area (Å²) in [7, 11) is 0. The molecule has 106 valence electrons. The van der Waals surface area contributed by atoms with E-state index in [0.29, 0.717) is 24.1 Å². The van der Waals surface area contributed by atoms with E-state index in [0.717, 1.165) is 23.2 Å². The van der Waals surface area contributed by atoms with Gasteiger partial charge in [0.2, 0.25) is 5.96 Å². The predicted octanol–water partition coefficient (Wildman–Crippen LogP) is 2.76. The number of hydrogen-bond donors (Lipinski definition) is 3. The molecule has 0 bridgehead atoms. The molecule has 0 amide bonds. The van der Waals surface area contributed by atoms with Crippen LogP contribution in [0.25, 0.3) is 0 Å². The van der Waals surface area contributed by atoms with Gasteiger partial charge in [0.15, 0.2) is 0 Å². The van der Waals surface area contributed by atoms with Gasteiger partial charge < -0.3 is 10.1 Å². The molecule has 0 aromatic heterocycles. The molecule has 0 aliphatic carbocycles. The Labute approximate surface area is 126 Å². The molecule has 4 N–H and O–H groups in total. The van der Waals surface area contributed by atoms with E-state index in [2.05, 4.69) is 31.7 Å². The second-order valence-corrected chi connectivity index (χ2v) is 5.00. The van der Waals surface area contributed by atoms with Crippen molar-refractivity contribution in [2.75, 3.05) is 25.1 Å². The third kappa shape index (κ3) is 6.24. The summed E-state index contributed by atoms with van der Waals surface area (Å²) < 4.78 is 6.15. The molecule has 0 fully saturated rings. The maximum absolute atomic E-state index is 6.10. The average molecular weight is 350 g/mol. The van der Waals surface area contributed by atoms with E-state index in [1.54, 1.807) is 6.07 Å². The molecule has 0 heterocycles. The molecule has 0 aliphatic heterocycles. The molecule has 1 aromatic carbocycles. The number of nitrogens with two attached hydrogens (primary N) is 1. The number of anilines is 1. The van der Waals surface area contributed by atoms with Crippen molar-refractivity contribution in [3.8, 4) is 0 Å². The third-order valence-corrected chi connectivity index (χ3v) is 3.05. The summed E-state index contributed by atoms with van der Waals surface area (Å²) in [5.41, 5.74) is 3.25. The highest BCUT2D eigenvalue weighted by molar-refractivity contribution is 9.10. The van der Waals surface area contributed by atoms with Gasteiger partial charge in [-0.05, 0) is 31.5 Å². The molecule has 7 heteroatoms. The maximum Gasteiger partial charge on any atom is 0.210 e. The molecule has 0 saturated heterocycles. The summed E-state index contributed by atoms with van der Waals surface area (Å²) in [6, 6.07) is 5.53. The fraction of sp³-hybridized carbons (Fsp3) is 0.417. The lowest BCUT2D eigenvalue weighted by Gasteiger charge is -2.11. The van der Waals surface area contributed by atoms with Crippen molar-refractivity contribution in [2.45, 2.75) is 13.3 Å². The van der Waals surface area contributed by atoms with Crippen LogP contribution in [0.5, 0.6) is 0 Å². The van der Waals surface area contributed by atoms with Crippen LogP contribution in [0.3, 0.4) is 0 Å². The van der Waals surface area contributed by atoms with Gasteiger partial charge in [0.1, 0.15) is 0 Å². The van der Waals surface area contributed by atoms with Crippen LogP contribution in [0.1, 0.15) is 13.3 Å². The minimum atomic E-state index is 0.473. The zero-order valence-electron chi connectivity index (χ0n) is 10.7. The number of hydrogen-bond acceptors (Lipinski definition) is 3. The zero-order valence-corrected chi connectivity index (χ0v) is 13.1. The fourth-order valence-corrected chi connectivity index (χ4v) is 2.06. The molecule has 0 saturated carbocycles. The molecular weight excluding hydrogens is 332 g/mol. The first-order valence-electron chi connectivity index (χ1n) is 5.98. The molecule has 0 aliphatic rings. The van der Waals surface area contributed by atoms with Crippen molar-refractivity contribution in [2.24, 2.45) is 10.8 Å². The summed E-state index contributed by atoms with van der Waals surface area (Å²) in [6.45, 7) is 4.00. The number of nitrogens with one attached hydrogen (secondary N) is 2. The Morgan fingerprint density at radius 3 is 2.95 bits per heavy atom. The smallest absolute Gasteiger partial charge is 0.210 e. The summed E-state index contributed by atoms with van der Waals surface area (Å²) in [6.07, 6.45) is 0.842. The zero-order chi connectivity index (χ0) is 14.1. The molecule has 19 heavy (non-hydrogen) atoms. The van der Waals surface area contributed by atoms with Crippen LogP contribution >= 0.6 is 27.5 Å². The lowest BCUT2D eigenvalue weighted by atomic mass is 10.3. The van der Waals surface area contributed by atoms with Crippen molar-refractivity contribution in [1.29, 1.82) is 0 Å². The Hall–Kier alpha value is -0.820. The Bertz CT molecular complexity index is 428. The first-order valence-corrected chi connectivity index (χ1v) is 7.15. The van der Waals surface area contributed by atoms with E-state index < -0.39 is 0 Å². The van der Waals surface area contributed by atoms with E-state index in [9.17, 15) is 0 Å². The SMILES string of the molecule is CCOCCCN=C(NN)Nc1ccc(Br)cc1Cl. The predicted molar refractivity (Wildman–Crippen MR) is 83.5 cm³/mol. The number of benzene rings is 1. The number of ether oxygens (including phenoxy) is 1. The van der Waals surface area contributed by atoms with E-state index in [4.69, 9.17) is 22.2 Å². The summed E-state index contributed by atoms with van der Waals surface area (Å²) in [4.78, 5) is 4.29. The topological polar surface area (TPSA) is 71.7 Å². The van der Waals surface area contributed by atoms with Gasteiger partial charge >= 0.3 is 0 Å². The van der Waals surface area contributed by atoms with Crippen LogP contribution < -0.4 is 16.6 Å². The maximum atomic E-state index is 6.10. The van der Waals surface area contributed by atoms with Gasteiger partial charge in [0.05, 0.1) is 10.7 Å². The van der Waals surface area contributed by atoms with E-state index >= 15 is 0 Å². The van der Waals surface area contributed by atoms with Crippen LogP contribution in [0.15, 0.2) is 27.7 Å². The molecule has 0 spiro atoms. The summed E-state index contributed by atoms with van der Waals surface area (Å²) in [5.74, 6) is 5.89. The highest BCUT2D eigenvalue weighted by Crippen LogP contribution is 2.25. The lowest BCUT2D eigenvalue weighted by Crippen LogP contribution is -2.36. The molecular formula is C12H18BrClN4O. The van der Waals surface area contributed by atoms with Crippen molar-refractivity contribution in [1.82, 2.24) is 5.43 Å². The summed E-state index contributed by atoms with van der Waals surface area (Å²) in [5, 5.41) is 3.62. The highest BCUT2D eigenvalue weighted by atomic mass is 79.9. The van der Waals surface area contributed by atoms with Gasteiger partial charge in [-0.3, -0.25) is 10.4 Å². The van der Waals surface area contributed by atoms with Crippen LogP contribution in [-0.2, 0) is 4.74 Å². The lowest BCUT2D eigenvalue weighted by molar-refractivity contribution is 0.146. The van der Waals surface area contributed by atoms with Gasteiger partial charge in [-0.2, -0.15) is 0 Å². The molecule has 0 atom stereocenters. The van der Waals surface area contributed by atoms with Crippen molar-refractivity contribution < 1.29 is 4.74 Å². The van der Waals surface area contributed by atoms with Crippen molar-refractivity contribution in [3.63, 3.8) is 0 Å². The van der Waals surface area contributed by atoms with Crippen molar-refractivity contribution >= 4 is 39.2 Å². The molecule has 0 radical (unpaired) electrons. The summed E-state index contributed by atoms with van der Waals surface area (Å²) >= 11 is 9.45. The fourth-order valence-electron chi connectivity index (χ4n) is 1.34. The number of guanidine groups is 1. The van der Waals surface area contributed by atoms with Crippen LogP contribution in [0, 0.1) is 0 Å². The Balaban J connectivity index is 2.53. The Kier molecular flexibility index (Phi) is 7.81. The van der Waals surface area contributed by atoms with Gasteiger partial charge in [-0.1, -0.05) is 27.5 Å². The quantitative estimate of drug-likeness (QED) is 0.243. The van der Waals surface area contributed by atoms with Gasteiger partial charge in [-0.15, -0.1) is 0 Å². The Morgan fingerprint density at radius 1 is 1.53 bits per heavy atom. The molecule has 1 aromatic rings. The second kappa shape index (κ2) is 9.14. The average Bonchev–Trinajstić information content (AvgIpc) is 2.39. The number of rotatable bonds is 6. The van der Waals surface area contributed by atoms with E-state index in [1.165, 1.54) is 0 Å². The van der Waals surface area contributed by atoms with Crippen LogP contribution in [-0.4, -0.2) is 25.7 Å². The van der Waals surface area contributed by atoms with Crippen LogP contribution in [0.4, 0.5) is 5.69 Å². The van der Waals surface area contributed by atoms with Crippen molar-refractivity contribution in [3.05, 3.63) is 27.7 Å². The normalized spacial score (nSPS) is 11.5. The standard InChI is InChI=1S/C12H18BrClN4O/c1-2-19-7-3-6-16-12(18-15)17-11-5-4-9(13)8-10(11)14/h4-5,8H,2-3,6-7,15H2,1H3,(H2,16,17,18).